The SMILES string of the molecule is CC1CC(N)CN(Cc2cccs2)C1. The molecule has 0 spiro atoms. The van der Waals surface area contributed by atoms with Gasteiger partial charge in [-0.25, -0.2) is 0 Å². The van der Waals surface area contributed by atoms with Crippen LogP contribution < -0.4 is 5.73 Å². The third-order valence-electron chi connectivity index (χ3n) is 2.73. The standard InChI is InChI=1S/C11H18N2S/c1-9-5-10(12)7-13(6-9)8-11-3-2-4-14-11/h2-4,9-10H,5-8,12H2,1H3. The largest absolute Gasteiger partial charge is 0.327 e. The van der Waals surface area contributed by atoms with Gasteiger partial charge in [0.2, 0.25) is 0 Å². The molecule has 1 aromatic heterocycles. The summed E-state index contributed by atoms with van der Waals surface area (Å²) in [5.74, 6) is 0.749. The number of thiophene rings is 1. The molecule has 0 amide bonds. The van der Waals surface area contributed by atoms with Crippen LogP contribution in [0.3, 0.4) is 0 Å². The maximum atomic E-state index is 6.01. The maximum Gasteiger partial charge on any atom is 0.0328 e. The number of nitrogens with zero attached hydrogens (tertiary/aromatic N) is 1. The van der Waals surface area contributed by atoms with Crippen molar-refractivity contribution in [3.05, 3.63) is 22.4 Å². The van der Waals surface area contributed by atoms with Crippen LogP contribution in [0.1, 0.15) is 18.2 Å². The molecule has 2 heterocycles. The van der Waals surface area contributed by atoms with E-state index < -0.39 is 0 Å². The van der Waals surface area contributed by atoms with Crippen molar-refractivity contribution in [2.45, 2.75) is 25.9 Å². The Hall–Kier alpha value is -0.380. The lowest BCUT2D eigenvalue weighted by Crippen LogP contribution is -2.45. The van der Waals surface area contributed by atoms with Gasteiger partial charge in [-0.15, -0.1) is 11.3 Å². The summed E-state index contributed by atoms with van der Waals surface area (Å²) >= 11 is 1.84. The van der Waals surface area contributed by atoms with Crippen molar-refractivity contribution in [2.75, 3.05) is 13.1 Å². The van der Waals surface area contributed by atoms with Crippen LogP contribution >= 0.6 is 11.3 Å². The van der Waals surface area contributed by atoms with Crippen LogP contribution in [0, 0.1) is 5.92 Å². The Balaban J connectivity index is 1.91. The van der Waals surface area contributed by atoms with E-state index >= 15 is 0 Å². The first-order valence-electron chi connectivity index (χ1n) is 5.24. The second-order valence-electron chi connectivity index (χ2n) is 4.37. The van der Waals surface area contributed by atoms with E-state index in [1.54, 1.807) is 0 Å². The van der Waals surface area contributed by atoms with Crippen molar-refractivity contribution in [2.24, 2.45) is 11.7 Å². The fourth-order valence-corrected chi connectivity index (χ4v) is 3.01. The normalized spacial score (nSPS) is 29.3. The van der Waals surface area contributed by atoms with Gasteiger partial charge in [0.25, 0.3) is 0 Å². The minimum absolute atomic E-state index is 0.374. The summed E-state index contributed by atoms with van der Waals surface area (Å²) in [5, 5.41) is 2.14. The Bertz CT molecular complexity index is 261. The summed E-state index contributed by atoms with van der Waals surface area (Å²) in [6.07, 6.45) is 1.18. The molecule has 2 nitrogen and oxygen atoms in total. The molecule has 0 aromatic carbocycles. The fraction of sp³-hybridized carbons (Fsp3) is 0.636. The van der Waals surface area contributed by atoms with E-state index in [4.69, 9.17) is 5.73 Å². The van der Waals surface area contributed by atoms with Crippen LogP contribution in [-0.2, 0) is 6.54 Å². The summed E-state index contributed by atoms with van der Waals surface area (Å²) in [7, 11) is 0. The van der Waals surface area contributed by atoms with Crippen molar-refractivity contribution in [1.29, 1.82) is 0 Å². The van der Waals surface area contributed by atoms with E-state index in [1.165, 1.54) is 17.8 Å². The molecule has 0 radical (unpaired) electrons. The zero-order valence-electron chi connectivity index (χ0n) is 8.65. The highest BCUT2D eigenvalue weighted by atomic mass is 32.1. The lowest BCUT2D eigenvalue weighted by Gasteiger charge is -2.34. The van der Waals surface area contributed by atoms with Crippen molar-refractivity contribution >= 4 is 11.3 Å². The minimum atomic E-state index is 0.374. The Morgan fingerprint density at radius 2 is 2.43 bits per heavy atom. The summed E-state index contributed by atoms with van der Waals surface area (Å²) in [4.78, 5) is 3.93. The second-order valence-corrected chi connectivity index (χ2v) is 5.41. The van der Waals surface area contributed by atoms with Gasteiger partial charge in [0.05, 0.1) is 0 Å². The van der Waals surface area contributed by atoms with Gasteiger partial charge in [0.1, 0.15) is 0 Å². The third kappa shape index (κ3) is 2.56. The Labute approximate surface area is 89.7 Å². The van der Waals surface area contributed by atoms with Crippen LogP contribution in [0.2, 0.25) is 0 Å². The predicted octanol–water partition coefficient (Wildman–Crippen LogP) is 1.92. The number of hydrogen-bond acceptors (Lipinski definition) is 3. The molecule has 0 aliphatic carbocycles. The number of rotatable bonds is 2. The van der Waals surface area contributed by atoms with Gasteiger partial charge in [-0.1, -0.05) is 13.0 Å². The predicted molar refractivity (Wildman–Crippen MR) is 61.4 cm³/mol. The molecule has 2 atom stereocenters. The van der Waals surface area contributed by atoms with E-state index in [2.05, 4.69) is 29.3 Å². The zero-order chi connectivity index (χ0) is 9.97. The molecule has 1 aromatic rings. The first-order chi connectivity index (χ1) is 6.74. The molecule has 3 heteroatoms. The highest BCUT2D eigenvalue weighted by molar-refractivity contribution is 7.09. The molecule has 0 saturated carbocycles. The van der Waals surface area contributed by atoms with Crippen molar-refractivity contribution in [1.82, 2.24) is 4.90 Å². The summed E-state index contributed by atoms with van der Waals surface area (Å²) < 4.78 is 0. The van der Waals surface area contributed by atoms with Crippen LogP contribution in [0.25, 0.3) is 0 Å². The molecular formula is C11H18N2S. The smallest absolute Gasteiger partial charge is 0.0328 e. The molecule has 1 fully saturated rings. The van der Waals surface area contributed by atoms with Crippen LogP contribution in [0.15, 0.2) is 17.5 Å². The second kappa shape index (κ2) is 4.43. The highest BCUT2D eigenvalue weighted by Crippen LogP contribution is 2.19. The zero-order valence-corrected chi connectivity index (χ0v) is 9.46. The van der Waals surface area contributed by atoms with Gasteiger partial charge in [-0.05, 0) is 23.8 Å². The number of likely N-dealkylation sites (tertiary alicyclic amines) is 1. The van der Waals surface area contributed by atoms with Gasteiger partial charge in [0.15, 0.2) is 0 Å². The number of piperidine rings is 1. The Morgan fingerprint density at radius 1 is 1.57 bits per heavy atom. The van der Waals surface area contributed by atoms with E-state index in [0.717, 1.165) is 19.0 Å². The molecule has 78 valence electrons. The van der Waals surface area contributed by atoms with Crippen LogP contribution in [-0.4, -0.2) is 24.0 Å². The van der Waals surface area contributed by atoms with Crippen molar-refractivity contribution in [3.63, 3.8) is 0 Å². The molecule has 1 aliphatic rings. The van der Waals surface area contributed by atoms with Gasteiger partial charge in [0, 0.05) is 30.6 Å². The monoisotopic (exact) mass is 210 g/mol. The lowest BCUT2D eigenvalue weighted by atomic mass is 9.97. The quantitative estimate of drug-likeness (QED) is 0.808. The van der Waals surface area contributed by atoms with Crippen molar-refractivity contribution < 1.29 is 0 Å². The summed E-state index contributed by atoms with van der Waals surface area (Å²) in [6.45, 7) is 5.63. The molecule has 14 heavy (non-hydrogen) atoms. The van der Waals surface area contributed by atoms with Crippen molar-refractivity contribution in [3.8, 4) is 0 Å². The highest BCUT2D eigenvalue weighted by Gasteiger charge is 2.21. The lowest BCUT2D eigenvalue weighted by molar-refractivity contribution is 0.159. The molecule has 1 aliphatic heterocycles. The summed E-state index contributed by atoms with van der Waals surface area (Å²) in [5.41, 5.74) is 6.01. The van der Waals surface area contributed by atoms with Gasteiger partial charge in [-0.3, -0.25) is 4.90 Å². The Morgan fingerprint density at radius 3 is 3.07 bits per heavy atom. The number of nitrogens with two attached hydrogens (primary N) is 1. The first-order valence-corrected chi connectivity index (χ1v) is 6.12. The molecular weight excluding hydrogens is 192 g/mol. The van der Waals surface area contributed by atoms with E-state index in [9.17, 15) is 0 Å². The van der Waals surface area contributed by atoms with Gasteiger partial charge < -0.3 is 5.73 Å². The van der Waals surface area contributed by atoms with Gasteiger partial charge in [-0.2, -0.15) is 0 Å². The Kier molecular flexibility index (Phi) is 3.21. The van der Waals surface area contributed by atoms with E-state index in [0.29, 0.717) is 6.04 Å². The average molecular weight is 210 g/mol. The maximum absolute atomic E-state index is 6.01. The van der Waals surface area contributed by atoms with E-state index in [1.807, 2.05) is 11.3 Å². The fourth-order valence-electron chi connectivity index (χ4n) is 2.26. The molecule has 0 bridgehead atoms. The minimum Gasteiger partial charge on any atom is -0.327 e. The number of hydrogen-bond donors (Lipinski definition) is 1. The first kappa shape index (κ1) is 10.1. The topological polar surface area (TPSA) is 29.3 Å². The molecule has 2 rings (SSSR count). The van der Waals surface area contributed by atoms with Crippen LogP contribution in [0.4, 0.5) is 0 Å². The molecule has 1 saturated heterocycles. The van der Waals surface area contributed by atoms with Crippen LogP contribution in [0.5, 0.6) is 0 Å². The average Bonchev–Trinajstić information content (AvgIpc) is 2.54. The molecule has 2 unspecified atom stereocenters. The summed E-state index contributed by atoms with van der Waals surface area (Å²) in [6, 6.07) is 4.70. The molecule has 2 N–H and O–H groups in total. The third-order valence-corrected chi connectivity index (χ3v) is 3.59. The van der Waals surface area contributed by atoms with E-state index in [-0.39, 0.29) is 0 Å². The van der Waals surface area contributed by atoms with Gasteiger partial charge >= 0.3 is 0 Å².